The average molecular weight is 1870 g/mol. The molecule has 146 heavy (non-hydrogen) atoms. The van der Waals surface area contributed by atoms with E-state index in [-0.39, 0.29) is 0 Å². The lowest BCUT2D eigenvalue weighted by Gasteiger charge is -2.12. The number of aromatic nitrogens is 15. The van der Waals surface area contributed by atoms with Gasteiger partial charge >= 0.3 is 0 Å². The van der Waals surface area contributed by atoms with Crippen LogP contribution in [0.4, 0.5) is 0 Å². The van der Waals surface area contributed by atoms with E-state index in [0.29, 0.717) is 40.8 Å². The normalized spacial score (nSPS) is 11.2. The summed E-state index contributed by atoms with van der Waals surface area (Å²) in [4.78, 5) is 72.5. The van der Waals surface area contributed by atoms with Gasteiger partial charge in [-0.1, -0.05) is 358 Å². The minimum absolute atomic E-state index is 0.578. The van der Waals surface area contributed by atoms with Crippen molar-refractivity contribution in [3.63, 3.8) is 0 Å². The topological polar surface area (TPSA) is 193 Å². The van der Waals surface area contributed by atoms with E-state index < -0.39 is 0 Å². The summed E-state index contributed by atoms with van der Waals surface area (Å²) in [6.45, 7) is 0. The first-order valence-electron chi connectivity index (χ1n) is 48.3. The highest BCUT2D eigenvalue weighted by atomic mass is 15.0. The maximum absolute atomic E-state index is 5.13. The van der Waals surface area contributed by atoms with Gasteiger partial charge in [0.2, 0.25) is 0 Å². The Hall–Kier alpha value is -20.0. The van der Waals surface area contributed by atoms with Crippen LogP contribution < -0.4 is 0 Å². The van der Waals surface area contributed by atoms with Gasteiger partial charge in [-0.05, 0) is 186 Å². The molecule has 0 saturated carbocycles. The fourth-order valence-electron chi connectivity index (χ4n) is 18.9. The molecule has 0 saturated heterocycles. The number of fused-ring (bicyclic) bond motifs is 5. The minimum atomic E-state index is 0.578. The van der Waals surface area contributed by atoms with Crippen molar-refractivity contribution in [3.8, 4) is 203 Å². The molecule has 15 heteroatoms. The zero-order valence-electron chi connectivity index (χ0n) is 78.8. The highest BCUT2D eigenvalue weighted by Crippen LogP contribution is 2.41. The van der Waals surface area contributed by atoms with E-state index in [9.17, 15) is 0 Å². The van der Waals surface area contributed by atoms with Crippen molar-refractivity contribution in [2.24, 2.45) is 0 Å². The molecule has 0 N–H and O–H groups in total. The lowest BCUT2D eigenvalue weighted by atomic mass is 9.96. The summed E-state index contributed by atoms with van der Waals surface area (Å²) in [5, 5.41) is 10.4. The standard InChI is InChI=1S/C46H30N4.C44H28N6.C41H27N5/c1-3-19-39-31(11-1)13-9-21-41(39)35-15-7-17-37(29-35)45-48-44(34-26-24-33(25-27-34)43-23-5-6-28-47-43)49-46(50-45)38-18-8-16-36(30-38)42-22-10-14-32-12-2-4-20-40(32)42;1-3-15-37-29(9-1)22-25-46-40(37)33-11-7-13-35(27-33)43-48-42(32-20-18-31(19-21-32)39-17-5-6-24-45-39)49-44(50-43)36-14-8-12-34(28-36)41-38-16-4-2-10-30(38)23-26-47-41;1-2-7-28(8-3-1)34-24-35(27-43-26-34)41-45-39(25-40(46-41)33-10-4-9-32(23-33)29-18-21-42-22-19-29)31-16-14-30(15-17-31)36-11-5-13-38-37(36)12-6-20-44-38/h1-30H;1-28H;1-27H. The third-order valence-corrected chi connectivity index (χ3v) is 26.2. The molecule has 26 rings (SSSR count). The van der Waals surface area contributed by atoms with Crippen molar-refractivity contribution in [1.29, 1.82) is 0 Å². The predicted molar refractivity (Wildman–Crippen MR) is 592 cm³/mol. The zero-order valence-corrected chi connectivity index (χ0v) is 78.8. The van der Waals surface area contributed by atoms with Crippen molar-refractivity contribution in [2.75, 3.05) is 0 Å². The van der Waals surface area contributed by atoms with Crippen LogP contribution in [0.3, 0.4) is 0 Å². The number of nitrogens with zero attached hydrogens (tertiary/aromatic N) is 15. The van der Waals surface area contributed by atoms with Gasteiger partial charge in [0, 0.05) is 150 Å². The second kappa shape index (κ2) is 40.4. The summed E-state index contributed by atoms with van der Waals surface area (Å²) in [6.07, 6.45) is 16.5. The van der Waals surface area contributed by atoms with Crippen LogP contribution in [0.15, 0.2) is 517 Å². The van der Waals surface area contributed by atoms with E-state index >= 15 is 0 Å². The van der Waals surface area contributed by atoms with Gasteiger partial charge in [-0.15, -0.1) is 0 Å². The fourth-order valence-corrected chi connectivity index (χ4v) is 18.9. The van der Waals surface area contributed by atoms with Crippen molar-refractivity contribution in [3.05, 3.63) is 517 Å². The van der Waals surface area contributed by atoms with Gasteiger partial charge in [0.15, 0.2) is 40.8 Å². The van der Waals surface area contributed by atoms with Gasteiger partial charge in [0.1, 0.15) is 0 Å². The van der Waals surface area contributed by atoms with Crippen LogP contribution in [0.25, 0.3) is 257 Å². The summed E-state index contributed by atoms with van der Waals surface area (Å²) < 4.78 is 0. The molecule has 0 bridgehead atoms. The van der Waals surface area contributed by atoms with Crippen molar-refractivity contribution >= 4 is 54.0 Å². The van der Waals surface area contributed by atoms with E-state index in [4.69, 9.17) is 49.8 Å². The molecule has 10 aromatic heterocycles. The first-order valence-corrected chi connectivity index (χ1v) is 48.3. The third kappa shape index (κ3) is 18.9. The van der Waals surface area contributed by atoms with Crippen molar-refractivity contribution in [2.45, 2.75) is 0 Å². The molecule has 26 aromatic rings. The molecule has 0 aliphatic carbocycles. The molecule has 0 spiro atoms. The van der Waals surface area contributed by atoms with E-state index in [1.54, 1.807) is 6.20 Å². The second-order valence-corrected chi connectivity index (χ2v) is 35.4. The molecule has 16 aromatic carbocycles. The molecule has 15 nitrogen and oxygen atoms in total. The van der Waals surface area contributed by atoms with E-state index in [1.165, 1.54) is 32.7 Å². The van der Waals surface area contributed by atoms with E-state index in [2.05, 4.69) is 334 Å². The van der Waals surface area contributed by atoms with Gasteiger partial charge in [0.25, 0.3) is 0 Å². The SMILES string of the molecule is c1ccc(-c2ccc(-c3nc(-c4cccc(-c5cccc6ccccc56)c4)nc(-c4cccc(-c5cccc6ccccc56)c4)n3)cc2)nc1.c1ccc(-c2ccc(-c3nc(-c4cccc(-c5nccc6ccccc56)c4)nc(-c4cccc(-c5nccc6ccccc56)c4)n3)cc2)nc1.c1ccc(-c2cncc(-c3nc(-c4ccc(-c5cccc6ncccc56)cc4)cc(-c4cccc(-c5ccncc5)c4)n3)c2)cc1. The first kappa shape index (κ1) is 88.7. The number of pyridine rings is 7. The number of rotatable bonds is 18. The molecule has 684 valence electrons. The van der Waals surface area contributed by atoms with Gasteiger partial charge in [-0.3, -0.25) is 34.9 Å². The van der Waals surface area contributed by atoms with Crippen LogP contribution in [0, 0.1) is 0 Å². The minimum Gasteiger partial charge on any atom is -0.265 e. The Morgan fingerprint density at radius 2 is 0.459 bits per heavy atom. The zero-order chi connectivity index (χ0) is 97.3. The Labute approximate surface area is 842 Å². The average Bonchev–Trinajstić information content (AvgIpc) is 0.798. The molecule has 0 unspecified atom stereocenters. The maximum Gasteiger partial charge on any atom is 0.164 e. The van der Waals surface area contributed by atoms with E-state index in [0.717, 1.165) is 183 Å². The monoisotopic (exact) mass is 1870 g/mol. The second-order valence-electron chi connectivity index (χ2n) is 35.4. The van der Waals surface area contributed by atoms with Crippen LogP contribution in [-0.4, -0.2) is 74.8 Å². The summed E-state index contributed by atoms with van der Waals surface area (Å²) in [5.74, 6) is 4.22. The highest BCUT2D eigenvalue weighted by Gasteiger charge is 2.22. The molecule has 10 heterocycles. The molecular weight excluding hydrogens is 1780 g/mol. The fraction of sp³-hybridized carbons (Fsp3) is 0. The molecule has 0 aliphatic heterocycles. The van der Waals surface area contributed by atoms with Gasteiger partial charge in [-0.25, -0.2) is 39.9 Å². The van der Waals surface area contributed by atoms with Crippen LogP contribution in [-0.2, 0) is 0 Å². The molecule has 0 fully saturated rings. The maximum atomic E-state index is 5.13. The molecule has 0 aliphatic rings. The Morgan fingerprint density at radius 1 is 0.130 bits per heavy atom. The van der Waals surface area contributed by atoms with Gasteiger partial charge in [-0.2, -0.15) is 0 Å². The van der Waals surface area contributed by atoms with Crippen LogP contribution in [0.5, 0.6) is 0 Å². The lowest BCUT2D eigenvalue weighted by molar-refractivity contribution is 1.07. The smallest absolute Gasteiger partial charge is 0.164 e. The first-order chi connectivity index (χ1) is 72.3. The predicted octanol–water partition coefficient (Wildman–Crippen LogP) is 31.8. The summed E-state index contributed by atoms with van der Waals surface area (Å²) in [7, 11) is 0. The Morgan fingerprint density at radius 3 is 0.959 bits per heavy atom. The van der Waals surface area contributed by atoms with Crippen molar-refractivity contribution in [1.82, 2.24) is 74.8 Å². The number of hydrogen-bond donors (Lipinski definition) is 0. The van der Waals surface area contributed by atoms with Gasteiger partial charge < -0.3 is 0 Å². The molecule has 0 radical (unpaired) electrons. The summed E-state index contributed by atoms with van der Waals surface area (Å²) in [5.41, 5.74) is 29.8. The van der Waals surface area contributed by atoms with E-state index in [1.807, 2.05) is 201 Å². The quantitative estimate of drug-likeness (QED) is 0.0787. The summed E-state index contributed by atoms with van der Waals surface area (Å²) >= 11 is 0. The Kier molecular flexibility index (Phi) is 24.5. The lowest BCUT2D eigenvalue weighted by Crippen LogP contribution is -2.00. The van der Waals surface area contributed by atoms with Crippen LogP contribution >= 0.6 is 0 Å². The highest BCUT2D eigenvalue weighted by molar-refractivity contribution is 6.01. The van der Waals surface area contributed by atoms with Crippen molar-refractivity contribution < 1.29 is 0 Å². The Balaban J connectivity index is 0.000000118. The molecule has 0 amide bonds. The number of benzene rings is 16. The van der Waals surface area contributed by atoms with Crippen LogP contribution in [0.1, 0.15) is 0 Å². The molecule has 0 atom stereocenters. The van der Waals surface area contributed by atoms with Gasteiger partial charge in [0.05, 0.1) is 39.7 Å². The van der Waals surface area contributed by atoms with Crippen LogP contribution in [0.2, 0.25) is 0 Å². The number of hydrogen-bond acceptors (Lipinski definition) is 15. The largest absolute Gasteiger partial charge is 0.265 e. The Bertz CT molecular complexity index is 8520. The summed E-state index contributed by atoms with van der Waals surface area (Å²) in [6, 6.07) is 158. The third-order valence-electron chi connectivity index (χ3n) is 26.2. The molecular formula is C131H85N15.